The third-order valence-corrected chi connectivity index (χ3v) is 3.28. The molecule has 0 aromatic carbocycles. The minimum atomic E-state index is -0.826. The van der Waals surface area contributed by atoms with Crippen LogP contribution in [0.4, 0.5) is 4.79 Å². The minimum Gasteiger partial charge on any atom is -0.458 e. The fourth-order valence-electron chi connectivity index (χ4n) is 2.42. The smallest absolute Gasteiger partial charge is 0.411 e. The van der Waals surface area contributed by atoms with Crippen molar-refractivity contribution in [1.29, 1.82) is 0 Å². The predicted molar refractivity (Wildman–Crippen MR) is 83.6 cm³/mol. The van der Waals surface area contributed by atoms with E-state index in [2.05, 4.69) is 5.10 Å². The highest BCUT2D eigenvalue weighted by Gasteiger charge is 2.44. The van der Waals surface area contributed by atoms with E-state index < -0.39 is 29.3 Å². The second-order valence-electron chi connectivity index (χ2n) is 7.71. The molecule has 1 aliphatic heterocycles. The first-order valence-electron chi connectivity index (χ1n) is 7.62. The largest absolute Gasteiger partial charge is 0.458 e. The van der Waals surface area contributed by atoms with Gasteiger partial charge in [0.2, 0.25) is 0 Å². The lowest BCUT2D eigenvalue weighted by atomic mass is 10.1. The van der Waals surface area contributed by atoms with Gasteiger partial charge in [-0.2, -0.15) is 5.10 Å². The molecule has 23 heavy (non-hydrogen) atoms. The molecule has 0 spiro atoms. The van der Waals surface area contributed by atoms with Gasteiger partial charge in [-0.05, 0) is 41.5 Å². The molecule has 2 rings (SSSR count). The van der Waals surface area contributed by atoms with Crippen LogP contribution in [0.1, 0.15) is 58.8 Å². The number of esters is 1. The van der Waals surface area contributed by atoms with Gasteiger partial charge in [0.1, 0.15) is 11.2 Å². The molecule has 2 heterocycles. The van der Waals surface area contributed by atoms with E-state index in [1.165, 1.54) is 4.90 Å². The monoisotopic (exact) mass is 323 g/mol. The van der Waals surface area contributed by atoms with E-state index in [0.717, 1.165) is 5.69 Å². The van der Waals surface area contributed by atoms with Crippen molar-refractivity contribution >= 4 is 12.1 Å². The van der Waals surface area contributed by atoms with Crippen molar-refractivity contribution in [3.63, 3.8) is 0 Å². The Morgan fingerprint density at radius 1 is 1.13 bits per heavy atom. The topological polar surface area (TPSA) is 73.7 Å². The number of aromatic nitrogens is 2. The summed E-state index contributed by atoms with van der Waals surface area (Å²) in [5.74, 6) is -0.477. The molecule has 1 unspecified atom stereocenters. The Morgan fingerprint density at radius 3 is 2.22 bits per heavy atom. The SMILES string of the molecule is Cn1ncc2c1CN(C(=O)OC(C)(C)C)C2C(=O)OC(C)(C)C. The normalized spacial score (nSPS) is 17.9. The molecule has 0 saturated carbocycles. The van der Waals surface area contributed by atoms with E-state index >= 15 is 0 Å². The second-order valence-corrected chi connectivity index (χ2v) is 7.71. The van der Waals surface area contributed by atoms with Gasteiger partial charge in [0.25, 0.3) is 0 Å². The van der Waals surface area contributed by atoms with E-state index in [1.54, 1.807) is 59.5 Å². The third kappa shape index (κ3) is 3.83. The molecule has 1 atom stereocenters. The van der Waals surface area contributed by atoms with E-state index in [4.69, 9.17) is 9.47 Å². The lowest BCUT2D eigenvalue weighted by molar-refractivity contribution is -0.161. The Hall–Kier alpha value is -2.05. The summed E-state index contributed by atoms with van der Waals surface area (Å²) in [4.78, 5) is 26.5. The minimum absolute atomic E-state index is 0.269. The maximum Gasteiger partial charge on any atom is 0.411 e. The quantitative estimate of drug-likeness (QED) is 0.743. The molecule has 0 fully saturated rings. The summed E-state index contributed by atoms with van der Waals surface area (Å²) in [6, 6.07) is -0.826. The van der Waals surface area contributed by atoms with Gasteiger partial charge in [-0.25, -0.2) is 9.59 Å². The average molecular weight is 323 g/mol. The van der Waals surface area contributed by atoms with Crippen LogP contribution in [0.2, 0.25) is 0 Å². The van der Waals surface area contributed by atoms with E-state index in [9.17, 15) is 9.59 Å². The summed E-state index contributed by atoms with van der Waals surface area (Å²) in [5.41, 5.74) is 0.226. The standard InChI is InChI=1S/C16H25N3O4/c1-15(2,3)22-13(20)12-10-8-17-18(7)11(10)9-19(12)14(21)23-16(4,5)6/h8,12H,9H2,1-7H3. The van der Waals surface area contributed by atoms with E-state index in [-0.39, 0.29) is 6.54 Å². The fourth-order valence-corrected chi connectivity index (χ4v) is 2.42. The Bertz CT molecular complexity index is 622. The molecular formula is C16H25N3O4. The lowest BCUT2D eigenvalue weighted by Crippen LogP contribution is -2.40. The van der Waals surface area contributed by atoms with Crippen LogP contribution in [-0.2, 0) is 27.9 Å². The molecular weight excluding hydrogens is 298 g/mol. The molecule has 0 aliphatic carbocycles. The van der Waals surface area contributed by atoms with Crippen molar-refractivity contribution in [2.24, 2.45) is 7.05 Å². The van der Waals surface area contributed by atoms with Crippen molar-refractivity contribution in [2.45, 2.75) is 65.3 Å². The van der Waals surface area contributed by atoms with Gasteiger partial charge in [0.15, 0.2) is 6.04 Å². The number of aryl methyl sites for hydroxylation is 1. The third-order valence-electron chi connectivity index (χ3n) is 3.28. The highest BCUT2D eigenvalue weighted by molar-refractivity contribution is 5.84. The number of carbonyl (C=O) groups excluding carboxylic acids is 2. The van der Waals surface area contributed by atoms with Crippen LogP contribution < -0.4 is 0 Å². The van der Waals surface area contributed by atoms with Crippen molar-refractivity contribution in [2.75, 3.05) is 0 Å². The van der Waals surface area contributed by atoms with Crippen molar-refractivity contribution in [3.8, 4) is 0 Å². The number of carbonyl (C=O) groups is 2. The second kappa shape index (κ2) is 5.54. The maximum absolute atomic E-state index is 12.6. The Labute approximate surface area is 136 Å². The molecule has 7 heteroatoms. The Morgan fingerprint density at radius 2 is 1.70 bits per heavy atom. The van der Waals surface area contributed by atoms with Crippen molar-refractivity contribution < 1.29 is 19.1 Å². The van der Waals surface area contributed by atoms with Gasteiger partial charge in [-0.3, -0.25) is 9.58 Å². The zero-order chi connectivity index (χ0) is 17.6. The van der Waals surface area contributed by atoms with Gasteiger partial charge in [0.05, 0.1) is 18.4 Å². The summed E-state index contributed by atoms with van der Waals surface area (Å²) < 4.78 is 12.6. The van der Waals surface area contributed by atoms with Crippen molar-refractivity contribution in [3.05, 3.63) is 17.5 Å². The number of nitrogens with zero attached hydrogens (tertiary/aromatic N) is 3. The van der Waals surface area contributed by atoms with Gasteiger partial charge in [-0.15, -0.1) is 0 Å². The Balaban J connectivity index is 2.31. The van der Waals surface area contributed by atoms with Crippen LogP contribution in [0.3, 0.4) is 0 Å². The number of ether oxygens (including phenoxy) is 2. The van der Waals surface area contributed by atoms with Crippen molar-refractivity contribution in [1.82, 2.24) is 14.7 Å². The van der Waals surface area contributed by atoms with Crippen LogP contribution in [-0.4, -0.2) is 37.9 Å². The van der Waals surface area contributed by atoms with Gasteiger partial charge in [-0.1, -0.05) is 0 Å². The van der Waals surface area contributed by atoms with Gasteiger partial charge in [0, 0.05) is 12.6 Å². The molecule has 0 N–H and O–H groups in total. The summed E-state index contributed by atoms with van der Waals surface area (Å²) in [5, 5.41) is 4.17. The highest BCUT2D eigenvalue weighted by Crippen LogP contribution is 2.36. The van der Waals surface area contributed by atoms with Crippen LogP contribution in [0.25, 0.3) is 0 Å². The zero-order valence-corrected chi connectivity index (χ0v) is 14.8. The number of amides is 1. The average Bonchev–Trinajstić information content (AvgIpc) is 2.85. The zero-order valence-electron chi connectivity index (χ0n) is 14.8. The molecule has 128 valence electrons. The molecule has 1 aliphatic rings. The first-order valence-corrected chi connectivity index (χ1v) is 7.62. The highest BCUT2D eigenvalue weighted by atomic mass is 16.6. The first kappa shape index (κ1) is 17.3. The van der Waals surface area contributed by atoms with E-state index in [0.29, 0.717) is 5.56 Å². The number of rotatable bonds is 1. The molecule has 0 saturated heterocycles. The summed E-state index contributed by atoms with van der Waals surface area (Å²) in [6.45, 7) is 11.0. The van der Waals surface area contributed by atoms with Gasteiger partial charge < -0.3 is 9.47 Å². The molecule has 7 nitrogen and oxygen atoms in total. The Kier molecular flexibility index (Phi) is 4.17. The molecule has 1 aromatic rings. The first-order chi connectivity index (χ1) is 10.4. The molecule has 1 aromatic heterocycles. The summed E-state index contributed by atoms with van der Waals surface area (Å²) >= 11 is 0. The molecule has 0 radical (unpaired) electrons. The summed E-state index contributed by atoms with van der Waals surface area (Å²) in [6.07, 6.45) is 1.07. The summed E-state index contributed by atoms with van der Waals surface area (Å²) in [7, 11) is 1.78. The number of fused-ring (bicyclic) bond motifs is 1. The van der Waals surface area contributed by atoms with Crippen LogP contribution in [0.5, 0.6) is 0 Å². The lowest BCUT2D eigenvalue weighted by Gasteiger charge is -2.29. The van der Waals surface area contributed by atoms with Crippen LogP contribution in [0, 0.1) is 0 Å². The molecule has 0 bridgehead atoms. The predicted octanol–water partition coefficient (Wildman–Crippen LogP) is 2.55. The van der Waals surface area contributed by atoms with Crippen LogP contribution in [0.15, 0.2) is 6.20 Å². The van der Waals surface area contributed by atoms with E-state index in [1.807, 2.05) is 0 Å². The number of hydrogen-bond donors (Lipinski definition) is 0. The maximum atomic E-state index is 12.6. The number of hydrogen-bond acceptors (Lipinski definition) is 5. The fraction of sp³-hybridized carbons (Fsp3) is 0.688. The van der Waals surface area contributed by atoms with Crippen LogP contribution >= 0.6 is 0 Å². The van der Waals surface area contributed by atoms with Gasteiger partial charge >= 0.3 is 12.1 Å². The molecule has 1 amide bonds.